The number of aromatic nitrogens is 2. The number of halogens is 1. The lowest BCUT2D eigenvalue weighted by atomic mass is 10.1. The van der Waals surface area contributed by atoms with Gasteiger partial charge < -0.3 is 0 Å². The van der Waals surface area contributed by atoms with Crippen molar-refractivity contribution in [2.45, 2.75) is 6.42 Å². The van der Waals surface area contributed by atoms with E-state index in [1.54, 1.807) is 12.3 Å². The first-order chi connectivity index (χ1) is 8.69. The van der Waals surface area contributed by atoms with Crippen LogP contribution in [0.5, 0.6) is 0 Å². The molecule has 0 radical (unpaired) electrons. The van der Waals surface area contributed by atoms with Crippen LogP contribution in [0, 0.1) is 5.82 Å². The maximum atomic E-state index is 12.7. The first kappa shape index (κ1) is 12.4. The highest BCUT2D eigenvalue weighted by atomic mass is 32.1. The fourth-order valence-electron chi connectivity index (χ4n) is 1.47. The molecule has 0 bridgehead atoms. The quantitative estimate of drug-likeness (QED) is 0.625. The van der Waals surface area contributed by atoms with Crippen molar-refractivity contribution < 1.29 is 9.18 Å². The highest BCUT2D eigenvalue weighted by Gasteiger charge is 2.08. The van der Waals surface area contributed by atoms with Crippen LogP contribution in [0.4, 0.5) is 4.39 Å². The van der Waals surface area contributed by atoms with Crippen molar-refractivity contribution in [2.75, 3.05) is 0 Å². The zero-order valence-electron chi connectivity index (χ0n) is 9.34. The number of hydrogen-bond donors (Lipinski definition) is 0. The Morgan fingerprint density at radius 1 is 1.28 bits per heavy atom. The lowest BCUT2D eigenvalue weighted by Gasteiger charge is -2.01. The van der Waals surface area contributed by atoms with E-state index in [0.717, 1.165) is 0 Å². The fourth-order valence-corrected chi connectivity index (χ4v) is 1.58. The summed E-state index contributed by atoms with van der Waals surface area (Å²) in [5.74, 6) is -0.0741. The van der Waals surface area contributed by atoms with E-state index < -0.39 is 0 Å². The van der Waals surface area contributed by atoms with Gasteiger partial charge in [-0.05, 0) is 30.3 Å². The molecule has 0 saturated carbocycles. The molecule has 0 aliphatic carbocycles. The molecule has 1 aromatic carbocycles. The van der Waals surface area contributed by atoms with Crippen LogP contribution in [0.1, 0.15) is 21.9 Å². The fraction of sp³-hybridized carbons (Fsp3) is 0.0769. The van der Waals surface area contributed by atoms with Crippen LogP contribution < -0.4 is 0 Å². The van der Waals surface area contributed by atoms with Gasteiger partial charge in [-0.1, -0.05) is 12.2 Å². The molecule has 0 aliphatic heterocycles. The second-order valence-electron chi connectivity index (χ2n) is 3.63. The van der Waals surface area contributed by atoms with E-state index in [4.69, 9.17) is 12.2 Å². The Bertz CT molecular complexity index is 584. The summed E-state index contributed by atoms with van der Waals surface area (Å²) in [5.41, 5.74) is 1.05. The first-order valence-electron chi connectivity index (χ1n) is 5.25. The normalized spacial score (nSPS) is 10.1. The molecule has 0 N–H and O–H groups in total. The third kappa shape index (κ3) is 3.01. The van der Waals surface area contributed by atoms with Gasteiger partial charge in [-0.25, -0.2) is 14.4 Å². The van der Waals surface area contributed by atoms with Gasteiger partial charge in [0.1, 0.15) is 5.82 Å². The molecule has 5 heteroatoms. The summed E-state index contributed by atoms with van der Waals surface area (Å²) in [7, 11) is 0. The molecular formula is C13H9FN2OS. The standard InChI is InChI=1S/C13H9FN2OS/c14-10-3-1-9(2-4-10)12(17)7-11-5-6-15-13(8-18)16-11/h1-6,8H,7H2. The van der Waals surface area contributed by atoms with Crippen LogP contribution in [0.3, 0.4) is 0 Å². The Balaban J connectivity index is 2.15. The van der Waals surface area contributed by atoms with E-state index in [1.165, 1.54) is 29.6 Å². The Labute approximate surface area is 109 Å². The van der Waals surface area contributed by atoms with Gasteiger partial charge >= 0.3 is 0 Å². The summed E-state index contributed by atoms with van der Waals surface area (Å²) in [4.78, 5) is 19.9. The summed E-state index contributed by atoms with van der Waals surface area (Å²) < 4.78 is 12.7. The predicted octanol–water partition coefficient (Wildman–Crippen LogP) is 2.39. The van der Waals surface area contributed by atoms with E-state index in [0.29, 0.717) is 17.1 Å². The van der Waals surface area contributed by atoms with Gasteiger partial charge in [-0.2, -0.15) is 0 Å². The lowest BCUT2D eigenvalue weighted by Crippen LogP contribution is -2.06. The topological polar surface area (TPSA) is 42.9 Å². The van der Waals surface area contributed by atoms with Crippen molar-refractivity contribution in [2.24, 2.45) is 0 Å². The van der Waals surface area contributed by atoms with E-state index in [1.807, 2.05) is 0 Å². The van der Waals surface area contributed by atoms with Crippen LogP contribution in [-0.2, 0) is 6.42 Å². The molecule has 18 heavy (non-hydrogen) atoms. The smallest absolute Gasteiger partial charge is 0.168 e. The largest absolute Gasteiger partial charge is 0.294 e. The van der Waals surface area contributed by atoms with Gasteiger partial charge in [0.05, 0.1) is 12.1 Å². The lowest BCUT2D eigenvalue weighted by molar-refractivity contribution is 0.0992. The molecule has 0 unspecified atom stereocenters. The Hall–Kier alpha value is -2.01. The molecule has 0 atom stereocenters. The number of carbonyl (C=O) groups excluding carboxylic acids is 1. The van der Waals surface area contributed by atoms with Gasteiger partial charge in [0.2, 0.25) is 0 Å². The van der Waals surface area contributed by atoms with Crippen LogP contribution in [0.15, 0.2) is 36.5 Å². The van der Waals surface area contributed by atoms with Crippen molar-refractivity contribution in [1.82, 2.24) is 9.97 Å². The van der Waals surface area contributed by atoms with Gasteiger partial charge in [0.15, 0.2) is 11.6 Å². The number of carbonyl (C=O) groups is 1. The van der Waals surface area contributed by atoms with Crippen LogP contribution in [0.25, 0.3) is 0 Å². The molecule has 3 nitrogen and oxygen atoms in total. The Morgan fingerprint density at radius 2 is 2.00 bits per heavy atom. The molecule has 0 aliphatic rings. The van der Waals surface area contributed by atoms with Crippen molar-refractivity contribution in [3.8, 4) is 0 Å². The summed E-state index contributed by atoms with van der Waals surface area (Å²) in [6.45, 7) is 0. The molecule has 0 fully saturated rings. The van der Waals surface area contributed by atoms with Crippen molar-refractivity contribution in [3.05, 3.63) is 59.4 Å². The summed E-state index contributed by atoms with van der Waals surface area (Å²) in [6, 6.07) is 7.09. The molecule has 2 aromatic rings. The van der Waals surface area contributed by atoms with E-state index in [2.05, 4.69) is 9.97 Å². The van der Waals surface area contributed by atoms with Gasteiger partial charge in [-0.3, -0.25) is 4.79 Å². The zero-order valence-corrected chi connectivity index (χ0v) is 10.2. The van der Waals surface area contributed by atoms with Gasteiger partial charge in [0, 0.05) is 17.1 Å². The molecule has 2 rings (SSSR count). The minimum absolute atomic E-state index is 0.121. The van der Waals surface area contributed by atoms with E-state index in [9.17, 15) is 9.18 Å². The van der Waals surface area contributed by atoms with Gasteiger partial charge in [-0.15, -0.1) is 0 Å². The van der Waals surface area contributed by atoms with Crippen molar-refractivity contribution in [1.29, 1.82) is 0 Å². The second-order valence-corrected chi connectivity index (χ2v) is 3.87. The average molecular weight is 260 g/mol. The Kier molecular flexibility index (Phi) is 3.84. The maximum Gasteiger partial charge on any atom is 0.168 e. The van der Waals surface area contributed by atoms with Crippen LogP contribution in [-0.4, -0.2) is 21.1 Å². The molecule has 0 spiro atoms. The third-order valence-electron chi connectivity index (χ3n) is 2.35. The minimum atomic E-state index is -0.364. The number of rotatable bonds is 4. The highest BCUT2D eigenvalue weighted by Crippen LogP contribution is 2.07. The zero-order chi connectivity index (χ0) is 13.0. The highest BCUT2D eigenvalue weighted by molar-refractivity contribution is 7.79. The molecule has 0 amide bonds. The maximum absolute atomic E-state index is 12.7. The Morgan fingerprint density at radius 3 is 2.67 bits per heavy atom. The summed E-state index contributed by atoms with van der Waals surface area (Å²) >= 11 is 4.72. The van der Waals surface area contributed by atoms with Crippen LogP contribution in [0.2, 0.25) is 0 Å². The van der Waals surface area contributed by atoms with Crippen molar-refractivity contribution in [3.63, 3.8) is 0 Å². The first-order valence-corrected chi connectivity index (χ1v) is 5.72. The monoisotopic (exact) mass is 260 g/mol. The molecule has 1 aromatic heterocycles. The molecule has 90 valence electrons. The molecular weight excluding hydrogens is 251 g/mol. The molecule has 0 saturated heterocycles. The van der Waals surface area contributed by atoms with Crippen molar-refractivity contribution >= 4 is 23.4 Å². The second kappa shape index (κ2) is 5.55. The number of hydrogen-bond acceptors (Lipinski definition) is 4. The third-order valence-corrected chi connectivity index (χ3v) is 2.56. The minimum Gasteiger partial charge on any atom is -0.294 e. The number of ketones is 1. The summed E-state index contributed by atoms with van der Waals surface area (Å²) in [6.07, 6.45) is 1.70. The number of Topliss-reactive ketones (excluding diaryl/α,β-unsaturated/α-hetero) is 1. The van der Waals surface area contributed by atoms with Crippen LogP contribution >= 0.6 is 12.2 Å². The number of benzene rings is 1. The number of thiocarbonyl (C=S) groups is 1. The summed E-state index contributed by atoms with van der Waals surface area (Å²) in [5, 5.41) is 1.35. The predicted molar refractivity (Wildman–Crippen MR) is 69.2 cm³/mol. The van der Waals surface area contributed by atoms with Gasteiger partial charge in [0.25, 0.3) is 0 Å². The average Bonchev–Trinajstić information content (AvgIpc) is 2.39. The SMILES string of the molecule is O=C(Cc1ccnc(C=S)n1)c1ccc(F)cc1. The van der Waals surface area contributed by atoms with E-state index >= 15 is 0 Å². The number of nitrogens with zero attached hydrogens (tertiary/aromatic N) is 2. The van der Waals surface area contributed by atoms with E-state index in [-0.39, 0.29) is 18.0 Å². The molecule has 1 heterocycles.